The summed E-state index contributed by atoms with van der Waals surface area (Å²) in [6.07, 6.45) is 0. The van der Waals surface area contributed by atoms with Gasteiger partial charge in [0.1, 0.15) is 6.07 Å². The van der Waals surface area contributed by atoms with Gasteiger partial charge in [-0.05, 0) is 12.1 Å². The third-order valence-electron chi connectivity index (χ3n) is 1.89. The van der Waals surface area contributed by atoms with Crippen molar-refractivity contribution in [2.45, 2.75) is 0 Å². The van der Waals surface area contributed by atoms with E-state index in [1.165, 1.54) is 0 Å². The van der Waals surface area contributed by atoms with E-state index in [4.69, 9.17) is 5.26 Å². The van der Waals surface area contributed by atoms with Crippen LogP contribution in [0.2, 0.25) is 0 Å². The molecule has 0 atom stereocenters. The van der Waals surface area contributed by atoms with Gasteiger partial charge in [0.2, 0.25) is 5.82 Å². The van der Waals surface area contributed by atoms with Crippen LogP contribution in [0.5, 0.6) is 0 Å². The van der Waals surface area contributed by atoms with E-state index in [-0.39, 0.29) is 0 Å². The first-order valence-electron chi connectivity index (χ1n) is 3.64. The third-order valence-corrected chi connectivity index (χ3v) is 1.89. The highest BCUT2D eigenvalue weighted by Gasteiger charge is 2.04. The van der Waals surface area contributed by atoms with Crippen molar-refractivity contribution in [2.75, 3.05) is 0 Å². The monoisotopic (exact) mass is 157 g/mol. The van der Waals surface area contributed by atoms with Gasteiger partial charge in [0.15, 0.2) is 0 Å². The number of para-hydroxylation sites is 2. The molecule has 0 N–H and O–H groups in total. The van der Waals surface area contributed by atoms with Gasteiger partial charge >= 0.3 is 0 Å². The van der Waals surface area contributed by atoms with Gasteiger partial charge in [0.25, 0.3) is 0 Å². The molecule has 1 heterocycles. The van der Waals surface area contributed by atoms with Crippen LogP contribution in [0, 0.1) is 11.3 Å². The topological polar surface area (TPSA) is 41.6 Å². The molecule has 0 radical (unpaired) electrons. The van der Waals surface area contributed by atoms with Crippen molar-refractivity contribution in [3.63, 3.8) is 0 Å². The van der Waals surface area contributed by atoms with Crippen LogP contribution in [0.4, 0.5) is 0 Å². The van der Waals surface area contributed by atoms with Crippen molar-refractivity contribution in [2.24, 2.45) is 7.05 Å². The molecule has 0 aliphatic carbocycles. The number of aryl methyl sites for hydroxylation is 1. The predicted octanol–water partition coefficient (Wildman–Crippen LogP) is 1.44. The van der Waals surface area contributed by atoms with E-state index in [9.17, 15) is 0 Å². The molecule has 0 unspecified atom stereocenters. The molecule has 1 aromatic heterocycles. The largest absolute Gasteiger partial charge is 0.319 e. The molecule has 0 amide bonds. The van der Waals surface area contributed by atoms with Gasteiger partial charge in [0.05, 0.1) is 11.0 Å². The second-order valence-corrected chi connectivity index (χ2v) is 2.59. The maximum atomic E-state index is 8.69. The Labute approximate surface area is 69.9 Å². The highest BCUT2D eigenvalue weighted by Crippen LogP contribution is 2.12. The first kappa shape index (κ1) is 6.86. The standard InChI is InChI=1S/C9H7N3/c1-12-8-5-3-2-4-7(8)11-9(12)6-10/h2-5H,1H3. The van der Waals surface area contributed by atoms with Crippen molar-refractivity contribution in [1.82, 2.24) is 9.55 Å². The Bertz CT molecular complexity index is 462. The van der Waals surface area contributed by atoms with E-state index < -0.39 is 0 Å². The average molecular weight is 157 g/mol. The van der Waals surface area contributed by atoms with Crippen LogP contribution < -0.4 is 0 Å². The normalized spacial score (nSPS) is 10.0. The Morgan fingerprint density at radius 1 is 1.42 bits per heavy atom. The minimum atomic E-state index is 0.455. The fourth-order valence-corrected chi connectivity index (χ4v) is 1.25. The second kappa shape index (κ2) is 2.35. The van der Waals surface area contributed by atoms with Gasteiger partial charge in [-0.1, -0.05) is 12.1 Å². The first-order chi connectivity index (χ1) is 5.83. The van der Waals surface area contributed by atoms with E-state index >= 15 is 0 Å². The zero-order valence-corrected chi connectivity index (χ0v) is 6.65. The molecular formula is C9H7N3. The Balaban J connectivity index is 2.90. The number of hydrogen-bond acceptors (Lipinski definition) is 2. The van der Waals surface area contributed by atoms with E-state index in [2.05, 4.69) is 4.98 Å². The lowest BCUT2D eigenvalue weighted by Crippen LogP contribution is -1.90. The molecule has 1 aromatic carbocycles. The molecule has 0 fully saturated rings. The van der Waals surface area contributed by atoms with Crippen molar-refractivity contribution >= 4 is 11.0 Å². The molecule has 0 aliphatic heterocycles. The van der Waals surface area contributed by atoms with Crippen molar-refractivity contribution in [1.29, 1.82) is 5.26 Å². The summed E-state index contributed by atoms with van der Waals surface area (Å²) >= 11 is 0. The number of nitrogens with zero attached hydrogens (tertiary/aromatic N) is 3. The number of aromatic nitrogens is 2. The zero-order chi connectivity index (χ0) is 8.55. The van der Waals surface area contributed by atoms with E-state index in [0.29, 0.717) is 5.82 Å². The number of hydrogen-bond donors (Lipinski definition) is 0. The number of benzene rings is 1. The molecule has 58 valence electrons. The lowest BCUT2D eigenvalue weighted by Gasteiger charge is -1.92. The van der Waals surface area contributed by atoms with E-state index in [1.807, 2.05) is 37.4 Å². The van der Waals surface area contributed by atoms with Gasteiger partial charge in [-0.3, -0.25) is 0 Å². The van der Waals surface area contributed by atoms with Gasteiger partial charge in [0, 0.05) is 7.05 Å². The van der Waals surface area contributed by atoms with Gasteiger partial charge in [-0.15, -0.1) is 0 Å². The minimum absolute atomic E-state index is 0.455. The molecule has 0 saturated heterocycles. The van der Waals surface area contributed by atoms with E-state index in [1.54, 1.807) is 4.57 Å². The molecular weight excluding hydrogens is 150 g/mol. The van der Waals surface area contributed by atoms with Crippen LogP contribution in [0.3, 0.4) is 0 Å². The minimum Gasteiger partial charge on any atom is -0.319 e. The number of imidazole rings is 1. The molecule has 0 bridgehead atoms. The predicted molar refractivity (Wildman–Crippen MR) is 45.4 cm³/mol. The summed E-state index contributed by atoms with van der Waals surface area (Å²) in [7, 11) is 1.84. The van der Waals surface area contributed by atoms with Gasteiger partial charge < -0.3 is 4.57 Å². The lowest BCUT2D eigenvalue weighted by atomic mass is 10.3. The van der Waals surface area contributed by atoms with Crippen LogP contribution in [0.25, 0.3) is 11.0 Å². The number of fused-ring (bicyclic) bond motifs is 1. The van der Waals surface area contributed by atoms with E-state index in [0.717, 1.165) is 11.0 Å². The molecule has 2 rings (SSSR count). The summed E-state index contributed by atoms with van der Waals surface area (Å²) < 4.78 is 1.79. The lowest BCUT2D eigenvalue weighted by molar-refractivity contribution is 0.921. The van der Waals surface area contributed by atoms with Gasteiger partial charge in [-0.2, -0.15) is 5.26 Å². The van der Waals surface area contributed by atoms with Crippen LogP contribution in [-0.4, -0.2) is 9.55 Å². The quantitative estimate of drug-likeness (QED) is 0.580. The average Bonchev–Trinajstić information content (AvgIpc) is 2.44. The molecule has 3 nitrogen and oxygen atoms in total. The first-order valence-corrected chi connectivity index (χ1v) is 3.64. The fraction of sp³-hybridized carbons (Fsp3) is 0.111. The summed E-state index contributed by atoms with van der Waals surface area (Å²) in [6, 6.07) is 9.73. The summed E-state index contributed by atoms with van der Waals surface area (Å²) in [5, 5.41) is 8.69. The highest BCUT2D eigenvalue weighted by molar-refractivity contribution is 5.76. The Hall–Kier alpha value is -1.82. The Kier molecular flexibility index (Phi) is 1.34. The molecule has 3 heteroatoms. The summed E-state index contributed by atoms with van der Waals surface area (Å²) in [5.74, 6) is 0.455. The SMILES string of the molecule is Cn1c(C#N)nc2ccccc21. The smallest absolute Gasteiger partial charge is 0.213 e. The Morgan fingerprint density at radius 3 is 2.83 bits per heavy atom. The third kappa shape index (κ3) is 0.785. The fourth-order valence-electron chi connectivity index (χ4n) is 1.25. The molecule has 0 aliphatic rings. The maximum absolute atomic E-state index is 8.69. The van der Waals surface area contributed by atoms with Crippen LogP contribution in [-0.2, 0) is 7.05 Å². The van der Waals surface area contributed by atoms with Gasteiger partial charge in [-0.25, -0.2) is 4.98 Å². The molecule has 0 saturated carbocycles. The molecule has 0 spiro atoms. The van der Waals surface area contributed by atoms with Crippen molar-refractivity contribution < 1.29 is 0 Å². The second-order valence-electron chi connectivity index (χ2n) is 2.59. The maximum Gasteiger partial charge on any atom is 0.213 e. The van der Waals surface area contributed by atoms with Crippen LogP contribution >= 0.6 is 0 Å². The van der Waals surface area contributed by atoms with Crippen molar-refractivity contribution in [3.8, 4) is 6.07 Å². The van der Waals surface area contributed by atoms with Crippen LogP contribution in [0.1, 0.15) is 5.82 Å². The Morgan fingerprint density at radius 2 is 2.17 bits per heavy atom. The summed E-state index contributed by atoms with van der Waals surface area (Å²) in [4.78, 5) is 4.13. The molecule has 2 aromatic rings. The molecule has 12 heavy (non-hydrogen) atoms. The summed E-state index contributed by atoms with van der Waals surface area (Å²) in [5.41, 5.74) is 1.87. The zero-order valence-electron chi connectivity index (χ0n) is 6.65. The highest BCUT2D eigenvalue weighted by atomic mass is 15.1. The van der Waals surface area contributed by atoms with Crippen LogP contribution in [0.15, 0.2) is 24.3 Å². The number of nitriles is 1. The summed E-state index contributed by atoms with van der Waals surface area (Å²) in [6.45, 7) is 0. The number of rotatable bonds is 0. The van der Waals surface area contributed by atoms with Crippen molar-refractivity contribution in [3.05, 3.63) is 30.1 Å².